The number of rotatable bonds is 4. The van der Waals surface area contributed by atoms with Crippen molar-refractivity contribution in [1.29, 1.82) is 0 Å². The van der Waals surface area contributed by atoms with Gasteiger partial charge in [-0.05, 0) is 36.8 Å². The van der Waals surface area contributed by atoms with Crippen molar-refractivity contribution in [2.24, 2.45) is 0 Å². The van der Waals surface area contributed by atoms with Crippen LogP contribution in [0.5, 0.6) is 0 Å². The van der Waals surface area contributed by atoms with Gasteiger partial charge in [-0.25, -0.2) is 9.78 Å². The van der Waals surface area contributed by atoms with Crippen molar-refractivity contribution in [1.82, 2.24) is 4.98 Å². The van der Waals surface area contributed by atoms with Crippen LogP contribution >= 0.6 is 22.7 Å². The first-order valence-corrected chi connectivity index (χ1v) is 8.87. The van der Waals surface area contributed by atoms with Gasteiger partial charge in [0.1, 0.15) is 4.88 Å². The molecule has 0 spiro atoms. The van der Waals surface area contributed by atoms with E-state index in [0.717, 1.165) is 36.6 Å². The van der Waals surface area contributed by atoms with E-state index in [2.05, 4.69) is 28.3 Å². The second kappa shape index (κ2) is 5.77. The molecule has 2 aromatic rings. The highest BCUT2D eigenvalue weighted by atomic mass is 32.1. The molecule has 1 atom stereocenters. The average Bonchev–Trinajstić information content (AvgIpc) is 3.06. The van der Waals surface area contributed by atoms with E-state index in [1.54, 1.807) is 0 Å². The quantitative estimate of drug-likeness (QED) is 0.925. The molecule has 0 saturated carbocycles. The highest BCUT2D eigenvalue weighted by Gasteiger charge is 2.28. The van der Waals surface area contributed by atoms with Gasteiger partial charge >= 0.3 is 5.97 Å². The van der Waals surface area contributed by atoms with Crippen LogP contribution in [0.1, 0.15) is 52.1 Å². The van der Waals surface area contributed by atoms with Gasteiger partial charge in [0, 0.05) is 11.4 Å². The van der Waals surface area contributed by atoms with Gasteiger partial charge in [-0.1, -0.05) is 24.7 Å². The number of aromatic carboxylic acids is 1. The largest absolute Gasteiger partial charge is 0.477 e. The lowest BCUT2D eigenvalue weighted by Crippen LogP contribution is -2.32. The number of thiazole rings is 1. The molecule has 0 bridgehead atoms. The maximum atomic E-state index is 11.4. The summed E-state index contributed by atoms with van der Waals surface area (Å²) in [6.45, 7) is 5.13. The Bertz CT molecular complexity index is 662. The monoisotopic (exact) mass is 322 g/mol. The Labute approximate surface area is 132 Å². The minimum atomic E-state index is -0.858. The Morgan fingerprint density at radius 1 is 1.57 bits per heavy atom. The maximum absolute atomic E-state index is 11.4. The number of nitrogens with zero attached hydrogens (tertiary/aromatic N) is 2. The van der Waals surface area contributed by atoms with E-state index in [-0.39, 0.29) is 6.04 Å². The molecule has 1 aliphatic rings. The van der Waals surface area contributed by atoms with Gasteiger partial charge in [0.25, 0.3) is 0 Å². The molecule has 2 aromatic heterocycles. The van der Waals surface area contributed by atoms with Crippen LogP contribution in [0.4, 0.5) is 5.13 Å². The van der Waals surface area contributed by atoms with Gasteiger partial charge < -0.3 is 10.0 Å². The molecule has 112 valence electrons. The van der Waals surface area contributed by atoms with Crippen molar-refractivity contribution in [2.75, 3.05) is 11.4 Å². The fourth-order valence-electron chi connectivity index (χ4n) is 2.81. The number of fused-ring (bicyclic) bond motifs is 1. The number of hydrogen-bond acceptors (Lipinski definition) is 5. The number of carbonyl (C=O) groups is 1. The van der Waals surface area contributed by atoms with Crippen LogP contribution in [-0.4, -0.2) is 22.6 Å². The van der Waals surface area contributed by atoms with E-state index in [4.69, 9.17) is 0 Å². The van der Waals surface area contributed by atoms with Gasteiger partial charge in [-0.15, -0.1) is 11.3 Å². The first-order chi connectivity index (χ1) is 10.1. The summed E-state index contributed by atoms with van der Waals surface area (Å²) < 4.78 is 0. The Morgan fingerprint density at radius 2 is 2.38 bits per heavy atom. The van der Waals surface area contributed by atoms with Gasteiger partial charge in [0.15, 0.2) is 5.13 Å². The molecule has 0 aromatic carbocycles. The van der Waals surface area contributed by atoms with Crippen LogP contribution in [0.25, 0.3) is 0 Å². The smallest absolute Gasteiger partial charge is 0.347 e. The number of carboxylic acid groups (broad SMARTS) is 1. The second-order valence-electron chi connectivity index (χ2n) is 5.25. The third-order valence-electron chi connectivity index (χ3n) is 3.89. The minimum absolute atomic E-state index is 0.266. The molecule has 6 heteroatoms. The summed E-state index contributed by atoms with van der Waals surface area (Å²) in [5.41, 5.74) is 2.09. The molecule has 0 fully saturated rings. The van der Waals surface area contributed by atoms with E-state index < -0.39 is 5.97 Å². The van der Waals surface area contributed by atoms with E-state index in [1.165, 1.54) is 21.8 Å². The number of aromatic nitrogens is 1. The van der Waals surface area contributed by atoms with Crippen LogP contribution in [0.2, 0.25) is 0 Å². The number of hydrogen-bond donors (Lipinski definition) is 1. The Hall–Kier alpha value is -1.40. The Morgan fingerprint density at radius 3 is 3.10 bits per heavy atom. The fraction of sp³-hybridized carbons (Fsp3) is 0.467. The van der Waals surface area contributed by atoms with Crippen LogP contribution < -0.4 is 4.90 Å². The standard InChI is InChI=1S/C15H18N2O2S2/c1-3-4-11-13(14(18)19)21-15(16-11)17-7-5-12-10(9(17)2)6-8-20-12/h6,8-9H,3-5,7H2,1-2H3,(H,18,19). The van der Waals surface area contributed by atoms with Crippen molar-refractivity contribution in [3.8, 4) is 0 Å². The minimum Gasteiger partial charge on any atom is -0.477 e. The zero-order chi connectivity index (χ0) is 15.0. The summed E-state index contributed by atoms with van der Waals surface area (Å²) >= 11 is 3.12. The molecule has 4 nitrogen and oxygen atoms in total. The molecule has 1 aliphatic heterocycles. The van der Waals surface area contributed by atoms with E-state index >= 15 is 0 Å². The summed E-state index contributed by atoms with van der Waals surface area (Å²) in [5, 5.41) is 12.3. The number of aryl methyl sites for hydroxylation is 1. The van der Waals surface area contributed by atoms with Crippen LogP contribution in [-0.2, 0) is 12.8 Å². The van der Waals surface area contributed by atoms with Crippen molar-refractivity contribution in [3.05, 3.63) is 32.5 Å². The predicted molar refractivity (Wildman–Crippen MR) is 86.9 cm³/mol. The van der Waals surface area contributed by atoms with Crippen molar-refractivity contribution in [2.45, 2.75) is 39.2 Å². The lowest BCUT2D eigenvalue weighted by Gasteiger charge is -2.33. The highest BCUT2D eigenvalue weighted by Crippen LogP contribution is 2.38. The molecule has 0 aliphatic carbocycles. The summed E-state index contributed by atoms with van der Waals surface area (Å²) in [7, 11) is 0. The van der Waals surface area contributed by atoms with Gasteiger partial charge in [-0.2, -0.15) is 0 Å². The Balaban J connectivity index is 1.94. The van der Waals surface area contributed by atoms with Crippen LogP contribution in [0.3, 0.4) is 0 Å². The topological polar surface area (TPSA) is 53.4 Å². The second-order valence-corrected chi connectivity index (χ2v) is 7.22. The number of anilines is 1. The average molecular weight is 322 g/mol. The Kier molecular flexibility index (Phi) is 3.99. The lowest BCUT2D eigenvalue weighted by molar-refractivity contribution is 0.0700. The number of carboxylic acids is 1. The number of thiophene rings is 1. The summed E-state index contributed by atoms with van der Waals surface area (Å²) in [4.78, 5) is 20.1. The molecule has 3 rings (SSSR count). The van der Waals surface area contributed by atoms with Gasteiger partial charge in [-0.3, -0.25) is 0 Å². The first-order valence-electron chi connectivity index (χ1n) is 7.17. The van der Waals surface area contributed by atoms with Crippen molar-refractivity contribution in [3.63, 3.8) is 0 Å². The highest BCUT2D eigenvalue weighted by molar-refractivity contribution is 7.17. The van der Waals surface area contributed by atoms with Gasteiger partial charge in [0.2, 0.25) is 0 Å². The van der Waals surface area contributed by atoms with E-state index in [0.29, 0.717) is 4.88 Å². The van der Waals surface area contributed by atoms with Crippen LogP contribution in [0, 0.1) is 0 Å². The zero-order valence-electron chi connectivity index (χ0n) is 12.1. The van der Waals surface area contributed by atoms with Crippen molar-refractivity contribution >= 4 is 33.8 Å². The van der Waals surface area contributed by atoms with Crippen LogP contribution in [0.15, 0.2) is 11.4 Å². The summed E-state index contributed by atoms with van der Waals surface area (Å²) in [5.74, 6) is -0.858. The fourth-order valence-corrected chi connectivity index (χ4v) is 4.83. The lowest BCUT2D eigenvalue weighted by atomic mass is 10.0. The molecule has 0 amide bonds. The molecule has 3 heterocycles. The first kappa shape index (κ1) is 14.5. The summed E-state index contributed by atoms with van der Waals surface area (Å²) in [6.07, 6.45) is 2.65. The van der Waals surface area contributed by atoms with Gasteiger partial charge in [0.05, 0.1) is 11.7 Å². The predicted octanol–water partition coefficient (Wildman–Crippen LogP) is 3.98. The normalized spacial score (nSPS) is 17.8. The molecule has 0 saturated heterocycles. The molecular formula is C15H18N2O2S2. The molecule has 1 unspecified atom stereocenters. The molecule has 21 heavy (non-hydrogen) atoms. The third kappa shape index (κ3) is 2.58. The molecule has 1 N–H and O–H groups in total. The maximum Gasteiger partial charge on any atom is 0.347 e. The van der Waals surface area contributed by atoms with E-state index in [9.17, 15) is 9.90 Å². The summed E-state index contributed by atoms with van der Waals surface area (Å²) in [6, 6.07) is 2.44. The zero-order valence-corrected chi connectivity index (χ0v) is 13.8. The third-order valence-corrected chi connectivity index (χ3v) is 6.01. The van der Waals surface area contributed by atoms with E-state index in [1.807, 2.05) is 18.3 Å². The molecular weight excluding hydrogens is 304 g/mol. The molecule has 0 radical (unpaired) electrons. The SMILES string of the molecule is CCCc1nc(N2CCc3sccc3C2C)sc1C(=O)O. The van der Waals surface area contributed by atoms with Crippen molar-refractivity contribution < 1.29 is 9.90 Å².